The van der Waals surface area contributed by atoms with Gasteiger partial charge in [-0.3, -0.25) is 0 Å². The average molecular weight is 559 g/mol. The molecular formula is C16H9AsCl2F3IN2. The van der Waals surface area contributed by atoms with Crippen molar-refractivity contribution in [1.82, 2.24) is 0 Å². The van der Waals surface area contributed by atoms with Gasteiger partial charge >= 0.3 is 175 Å². The number of alkyl halides is 3. The molecule has 2 nitrogen and oxygen atoms in total. The second-order valence-electron chi connectivity index (χ2n) is 5.31. The summed E-state index contributed by atoms with van der Waals surface area (Å²) < 4.78 is 38.6. The Morgan fingerprint density at radius 3 is 2.12 bits per heavy atom. The molecule has 1 aliphatic rings. The molecule has 2 unspecified atom stereocenters. The SMILES string of the molecule is FC(F)(F)c1cc(Cl)c(C2([AsH2])N=NC(c3ccccc3)=C2I)c(Cl)c1. The van der Waals surface area contributed by atoms with E-state index in [4.69, 9.17) is 23.2 Å². The number of halogens is 6. The maximum atomic E-state index is 12.9. The van der Waals surface area contributed by atoms with Crippen molar-refractivity contribution in [3.63, 3.8) is 0 Å². The fourth-order valence-electron chi connectivity index (χ4n) is 2.44. The third-order valence-electron chi connectivity index (χ3n) is 3.65. The molecule has 0 amide bonds. The number of hydrogen-bond acceptors (Lipinski definition) is 2. The van der Waals surface area contributed by atoms with Crippen LogP contribution in [-0.2, 0) is 10.5 Å². The van der Waals surface area contributed by atoms with Gasteiger partial charge in [0, 0.05) is 0 Å². The van der Waals surface area contributed by atoms with E-state index in [0.29, 0.717) is 11.3 Å². The second-order valence-corrected chi connectivity index (χ2v) is 8.95. The molecular weight excluding hydrogens is 550 g/mol. The van der Waals surface area contributed by atoms with E-state index in [1.54, 1.807) is 0 Å². The molecule has 0 spiro atoms. The molecule has 2 aromatic rings. The quantitative estimate of drug-likeness (QED) is 0.316. The topological polar surface area (TPSA) is 24.7 Å². The third-order valence-corrected chi connectivity index (χ3v) is 8.26. The maximum absolute atomic E-state index is 12.9. The molecule has 2 aromatic carbocycles. The van der Waals surface area contributed by atoms with E-state index in [1.807, 2.05) is 30.3 Å². The van der Waals surface area contributed by atoms with Gasteiger partial charge in [0.1, 0.15) is 0 Å². The molecule has 25 heavy (non-hydrogen) atoms. The van der Waals surface area contributed by atoms with Gasteiger partial charge in [-0.25, -0.2) is 0 Å². The fourth-order valence-corrected chi connectivity index (χ4v) is 5.45. The van der Waals surface area contributed by atoms with Crippen molar-refractivity contribution in [2.24, 2.45) is 10.2 Å². The van der Waals surface area contributed by atoms with Gasteiger partial charge in [-0.05, 0) is 0 Å². The monoisotopic (exact) mass is 558 g/mol. The number of rotatable bonds is 2. The minimum atomic E-state index is -4.52. The van der Waals surface area contributed by atoms with Crippen molar-refractivity contribution < 1.29 is 13.2 Å². The van der Waals surface area contributed by atoms with Gasteiger partial charge in [0.25, 0.3) is 0 Å². The molecule has 0 aliphatic carbocycles. The first-order valence-electron chi connectivity index (χ1n) is 6.89. The second kappa shape index (κ2) is 6.87. The van der Waals surface area contributed by atoms with Crippen LogP contribution in [0.5, 0.6) is 0 Å². The van der Waals surface area contributed by atoms with Crippen molar-refractivity contribution >= 4 is 68.3 Å². The number of nitrogens with zero attached hydrogens (tertiary/aromatic N) is 2. The van der Waals surface area contributed by atoms with Gasteiger partial charge in [-0.15, -0.1) is 0 Å². The van der Waals surface area contributed by atoms with E-state index in [9.17, 15) is 13.2 Å². The van der Waals surface area contributed by atoms with Crippen molar-refractivity contribution in [2.75, 3.05) is 0 Å². The van der Waals surface area contributed by atoms with Crippen LogP contribution in [0.3, 0.4) is 0 Å². The first-order valence-corrected chi connectivity index (χ1v) is 9.93. The van der Waals surface area contributed by atoms with E-state index >= 15 is 0 Å². The van der Waals surface area contributed by atoms with Crippen LogP contribution in [0.2, 0.25) is 10.0 Å². The summed E-state index contributed by atoms with van der Waals surface area (Å²) in [7, 11) is 0. The summed E-state index contributed by atoms with van der Waals surface area (Å²) in [6, 6.07) is 11.2. The van der Waals surface area contributed by atoms with Crippen LogP contribution in [0.25, 0.3) is 5.70 Å². The third kappa shape index (κ3) is 3.51. The van der Waals surface area contributed by atoms with E-state index < -0.39 is 16.1 Å². The van der Waals surface area contributed by atoms with Crippen molar-refractivity contribution in [3.8, 4) is 0 Å². The van der Waals surface area contributed by atoms with Gasteiger partial charge in [0.15, 0.2) is 0 Å². The molecule has 1 heterocycles. The standard InChI is InChI=1S/C16H9AsCl2F3IN2/c17-15(12-10(18)6-9(7-11(12)19)16(20,21)22)14(23)13(24-25-15)8-4-2-1-3-5-8/h1-7H,17H2. The number of azo groups is 1. The predicted octanol–water partition coefficient (Wildman–Crippen LogP) is 6.07. The van der Waals surface area contributed by atoms with Crippen LogP contribution < -0.4 is 0 Å². The van der Waals surface area contributed by atoms with Crippen molar-refractivity contribution in [1.29, 1.82) is 0 Å². The van der Waals surface area contributed by atoms with Gasteiger partial charge in [0.2, 0.25) is 0 Å². The zero-order valence-electron chi connectivity index (χ0n) is 12.3. The van der Waals surface area contributed by atoms with E-state index in [2.05, 4.69) is 32.8 Å². The Hall–Kier alpha value is -0.562. The van der Waals surface area contributed by atoms with E-state index in [-0.39, 0.29) is 10.0 Å². The molecule has 0 N–H and O–H groups in total. The molecule has 0 bridgehead atoms. The van der Waals surface area contributed by atoms with Crippen LogP contribution >= 0.6 is 45.8 Å². The average Bonchev–Trinajstić information content (AvgIpc) is 2.83. The molecule has 0 fully saturated rings. The van der Waals surface area contributed by atoms with Crippen LogP contribution in [0.1, 0.15) is 16.7 Å². The van der Waals surface area contributed by atoms with Crippen molar-refractivity contribution in [2.45, 2.75) is 10.5 Å². The van der Waals surface area contributed by atoms with Crippen LogP contribution in [0.15, 0.2) is 56.3 Å². The van der Waals surface area contributed by atoms with Gasteiger partial charge in [-0.1, -0.05) is 0 Å². The summed E-state index contributed by atoms with van der Waals surface area (Å²) in [5, 5.41) is 8.40. The normalized spacial score (nSPS) is 20.4. The molecule has 9 heteroatoms. The van der Waals surface area contributed by atoms with Gasteiger partial charge in [0.05, 0.1) is 0 Å². The summed E-state index contributed by atoms with van der Waals surface area (Å²) in [5.74, 6) is 0. The molecule has 0 radical (unpaired) electrons. The Morgan fingerprint density at radius 1 is 1.04 bits per heavy atom. The van der Waals surface area contributed by atoms with Crippen LogP contribution in [0, 0.1) is 0 Å². The Labute approximate surface area is 174 Å². The summed E-state index contributed by atoms with van der Waals surface area (Å²) in [6.07, 6.45) is -4.52. The molecule has 0 saturated heterocycles. The summed E-state index contributed by atoms with van der Waals surface area (Å²) in [4.78, 5) is 0. The Morgan fingerprint density at radius 2 is 1.60 bits per heavy atom. The predicted molar refractivity (Wildman–Crippen MR) is 104 cm³/mol. The fraction of sp³-hybridized carbons (Fsp3) is 0.125. The van der Waals surface area contributed by atoms with Crippen molar-refractivity contribution in [3.05, 3.63) is 72.8 Å². The van der Waals surface area contributed by atoms with Crippen LogP contribution in [0.4, 0.5) is 13.2 Å². The van der Waals surface area contributed by atoms with Gasteiger partial charge < -0.3 is 0 Å². The summed E-state index contributed by atoms with van der Waals surface area (Å²) in [6.45, 7) is 0. The molecule has 1 aliphatic heterocycles. The molecule has 2 atom stereocenters. The van der Waals surface area contributed by atoms with E-state index in [1.165, 1.54) is 0 Å². The summed E-state index contributed by atoms with van der Waals surface area (Å²) >= 11 is 15.6. The zero-order chi connectivity index (χ0) is 18.4. The summed E-state index contributed by atoms with van der Waals surface area (Å²) in [5.41, 5.74) is 0.981. The zero-order valence-corrected chi connectivity index (χ0v) is 18.4. The van der Waals surface area contributed by atoms with Crippen LogP contribution in [-0.4, -0.2) is 16.9 Å². The molecule has 0 saturated carbocycles. The molecule has 0 aromatic heterocycles. The Balaban J connectivity index is 2.14. The molecule has 3 rings (SSSR count). The first kappa shape index (κ1) is 19.2. The van der Waals surface area contributed by atoms with E-state index in [0.717, 1.165) is 38.1 Å². The minimum absolute atomic E-state index is 0.0772. The first-order chi connectivity index (χ1) is 11.6. The van der Waals surface area contributed by atoms with Gasteiger partial charge in [-0.2, -0.15) is 0 Å². The Kier molecular flexibility index (Phi) is 5.28. The number of hydrogen-bond donors (Lipinski definition) is 0. The Bertz CT molecular complexity index is 877. The molecule has 130 valence electrons. The number of benzene rings is 2.